The van der Waals surface area contributed by atoms with E-state index in [4.69, 9.17) is 0 Å². The molecule has 0 bridgehead atoms. The van der Waals surface area contributed by atoms with E-state index in [1.807, 2.05) is 37.3 Å². The average molecular weight is 369 g/mol. The van der Waals surface area contributed by atoms with Gasteiger partial charge in [-0.2, -0.15) is 5.10 Å². The summed E-state index contributed by atoms with van der Waals surface area (Å²) in [5.41, 5.74) is 1.33. The molecule has 0 fully saturated rings. The van der Waals surface area contributed by atoms with Gasteiger partial charge in [-0.15, -0.1) is 0 Å². The van der Waals surface area contributed by atoms with E-state index in [9.17, 15) is 13.2 Å². The van der Waals surface area contributed by atoms with Gasteiger partial charge in [-0.3, -0.25) is 4.79 Å². The van der Waals surface area contributed by atoms with E-state index < -0.39 is 15.7 Å². The molecule has 26 heavy (non-hydrogen) atoms. The molecular formula is C19H19N3O3S. The second-order valence-corrected chi connectivity index (χ2v) is 8.02. The first-order valence-electron chi connectivity index (χ1n) is 8.06. The molecule has 1 heterocycles. The molecule has 1 aromatic heterocycles. The van der Waals surface area contributed by atoms with E-state index in [0.717, 1.165) is 11.8 Å². The van der Waals surface area contributed by atoms with Crippen molar-refractivity contribution in [3.05, 3.63) is 78.0 Å². The topological polar surface area (TPSA) is 81.1 Å². The SMILES string of the molecule is CC(c1ccccc1)n1nccc1NC(=O)c1cccc(S(C)(=O)=O)c1. The van der Waals surface area contributed by atoms with Crippen molar-refractivity contribution in [2.45, 2.75) is 17.9 Å². The minimum Gasteiger partial charge on any atom is -0.307 e. The van der Waals surface area contributed by atoms with E-state index in [0.29, 0.717) is 5.82 Å². The molecule has 134 valence electrons. The van der Waals surface area contributed by atoms with Gasteiger partial charge in [0.25, 0.3) is 5.91 Å². The lowest BCUT2D eigenvalue weighted by molar-refractivity contribution is 0.102. The average Bonchev–Trinajstić information content (AvgIpc) is 3.09. The lowest BCUT2D eigenvalue weighted by Crippen LogP contribution is -2.18. The number of hydrogen-bond donors (Lipinski definition) is 1. The molecule has 1 unspecified atom stereocenters. The van der Waals surface area contributed by atoms with Crippen LogP contribution in [0.4, 0.5) is 5.82 Å². The quantitative estimate of drug-likeness (QED) is 0.749. The number of benzene rings is 2. The molecule has 3 aromatic rings. The first kappa shape index (κ1) is 17.9. The highest BCUT2D eigenvalue weighted by Crippen LogP contribution is 2.22. The number of nitrogens with one attached hydrogen (secondary N) is 1. The largest absolute Gasteiger partial charge is 0.307 e. The van der Waals surface area contributed by atoms with Gasteiger partial charge in [0.2, 0.25) is 0 Å². The van der Waals surface area contributed by atoms with Gasteiger partial charge in [0.1, 0.15) is 5.82 Å². The Hall–Kier alpha value is -2.93. The maximum absolute atomic E-state index is 12.6. The molecule has 1 amide bonds. The minimum atomic E-state index is -3.38. The lowest BCUT2D eigenvalue weighted by atomic mass is 10.1. The monoisotopic (exact) mass is 369 g/mol. The van der Waals surface area contributed by atoms with E-state index in [2.05, 4.69) is 10.4 Å². The van der Waals surface area contributed by atoms with Crippen LogP contribution in [0.3, 0.4) is 0 Å². The van der Waals surface area contributed by atoms with Crippen LogP contribution in [-0.4, -0.2) is 30.4 Å². The van der Waals surface area contributed by atoms with Crippen LogP contribution in [0.2, 0.25) is 0 Å². The summed E-state index contributed by atoms with van der Waals surface area (Å²) >= 11 is 0. The Labute approximate surface area is 152 Å². The zero-order chi connectivity index (χ0) is 18.7. The highest BCUT2D eigenvalue weighted by molar-refractivity contribution is 7.90. The number of amides is 1. The molecular weight excluding hydrogens is 350 g/mol. The van der Waals surface area contributed by atoms with Crippen molar-refractivity contribution >= 4 is 21.6 Å². The summed E-state index contributed by atoms with van der Waals surface area (Å²) in [6, 6.07) is 17.4. The molecule has 6 nitrogen and oxygen atoms in total. The summed E-state index contributed by atoms with van der Waals surface area (Å²) in [7, 11) is -3.38. The predicted octanol–water partition coefficient (Wildman–Crippen LogP) is 3.15. The van der Waals surface area contributed by atoms with Gasteiger partial charge in [-0.25, -0.2) is 13.1 Å². The van der Waals surface area contributed by atoms with Crippen LogP contribution in [-0.2, 0) is 9.84 Å². The fourth-order valence-corrected chi connectivity index (χ4v) is 3.32. The fraction of sp³-hybridized carbons (Fsp3) is 0.158. The minimum absolute atomic E-state index is 0.0659. The Balaban J connectivity index is 1.85. The molecule has 0 saturated carbocycles. The van der Waals surface area contributed by atoms with Gasteiger partial charge < -0.3 is 5.32 Å². The summed E-state index contributed by atoms with van der Waals surface area (Å²) in [6.07, 6.45) is 2.72. The summed E-state index contributed by atoms with van der Waals surface area (Å²) < 4.78 is 25.1. The Morgan fingerprint density at radius 3 is 2.50 bits per heavy atom. The highest BCUT2D eigenvalue weighted by Gasteiger charge is 2.16. The zero-order valence-electron chi connectivity index (χ0n) is 14.5. The van der Waals surface area contributed by atoms with Crippen LogP contribution in [0.5, 0.6) is 0 Å². The lowest BCUT2D eigenvalue weighted by Gasteiger charge is -2.16. The maximum Gasteiger partial charge on any atom is 0.256 e. The van der Waals surface area contributed by atoms with Crippen molar-refractivity contribution in [3.63, 3.8) is 0 Å². The summed E-state index contributed by atoms with van der Waals surface area (Å²) in [4.78, 5) is 12.7. The fourth-order valence-electron chi connectivity index (χ4n) is 2.65. The molecule has 0 aliphatic carbocycles. The van der Waals surface area contributed by atoms with Gasteiger partial charge in [0.15, 0.2) is 9.84 Å². The molecule has 7 heteroatoms. The molecule has 0 radical (unpaired) electrons. The Bertz CT molecular complexity index is 1030. The second kappa shape index (κ2) is 7.13. The molecule has 3 rings (SSSR count). The highest BCUT2D eigenvalue weighted by atomic mass is 32.2. The van der Waals surface area contributed by atoms with Gasteiger partial charge in [0, 0.05) is 17.9 Å². The number of aromatic nitrogens is 2. The number of rotatable bonds is 5. The number of anilines is 1. The normalized spacial score (nSPS) is 12.5. The first-order valence-corrected chi connectivity index (χ1v) is 9.95. The van der Waals surface area contributed by atoms with Crippen LogP contribution in [0.25, 0.3) is 0 Å². The maximum atomic E-state index is 12.6. The van der Waals surface area contributed by atoms with Crippen LogP contribution < -0.4 is 5.32 Å². The van der Waals surface area contributed by atoms with Crippen molar-refractivity contribution in [3.8, 4) is 0 Å². The van der Waals surface area contributed by atoms with Gasteiger partial charge in [-0.1, -0.05) is 36.4 Å². The van der Waals surface area contributed by atoms with E-state index in [1.165, 1.54) is 12.1 Å². The third kappa shape index (κ3) is 3.83. The summed E-state index contributed by atoms with van der Waals surface area (Å²) in [6.45, 7) is 1.99. The molecule has 0 aliphatic rings. The molecule has 0 spiro atoms. The molecule has 2 aromatic carbocycles. The predicted molar refractivity (Wildman–Crippen MR) is 100.0 cm³/mol. The smallest absolute Gasteiger partial charge is 0.256 e. The molecule has 1 N–H and O–H groups in total. The van der Waals surface area contributed by atoms with E-state index in [-0.39, 0.29) is 16.5 Å². The number of carbonyl (C=O) groups is 1. The van der Waals surface area contributed by atoms with Crippen molar-refractivity contribution in [2.75, 3.05) is 11.6 Å². The number of carbonyl (C=O) groups excluding carboxylic acids is 1. The summed E-state index contributed by atoms with van der Waals surface area (Å²) in [5.74, 6) is 0.147. The number of nitrogens with zero attached hydrogens (tertiary/aromatic N) is 2. The summed E-state index contributed by atoms with van der Waals surface area (Å²) in [5, 5.41) is 7.10. The Kier molecular flexibility index (Phi) is 4.90. The van der Waals surface area contributed by atoms with Crippen LogP contribution in [0, 0.1) is 0 Å². The second-order valence-electron chi connectivity index (χ2n) is 6.00. The van der Waals surface area contributed by atoms with Crippen LogP contribution in [0.1, 0.15) is 28.9 Å². The standard InChI is InChI=1S/C19H19N3O3S/c1-14(15-7-4-3-5-8-15)22-18(11-12-20-22)21-19(23)16-9-6-10-17(13-16)26(2,24)25/h3-14H,1-2H3,(H,21,23). The van der Waals surface area contributed by atoms with Gasteiger partial charge in [0.05, 0.1) is 17.1 Å². The third-order valence-electron chi connectivity index (χ3n) is 4.09. The number of sulfone groups is 1. The van der Waals surface area contributed by atoms with E-state index >= 15 is 0 Å². The molecule has 0 aliphatic heterocycles. The van der Waals surface area contributed by atoms with Crippen LogP contribution in [0.15, 0.2) is 71.8 Å². The number of hydrogen-bond acceptors (Lipinski definition) is 4. The third-order valence-corrected chi connectivity index (χ3v) is 5.20. The van der Waals surface area contributed by atoms with Gasteiger partial charge >= 0.3 is 0 Å². The Morgan fingerprint density at radius 1 is 1.08 bits per heavy atom. The van der Waals surface area contributed by atoms with E-state index in [1.54, 1.807) is 29.1 Å². The molecule has 1 atom stereocenters. The Morgan fingerprint density at radius 2 is 1.81 bits per heavy atom. The molecule has 0 saturated heterocycles. The zero-order valence-corrected chi connectivity index (χ0v) is 15.3. The first-order chi connectivity index (χ1) is 12.4. The van der Waals surface area contributed by atoms with Crippen molar-refractivity contribution < 1.29 is 13.2 Å². The van der Waals surface area contributed by atoms with Crippen molar-refractivity contribution in [1.29, 1.82) is 0 Å². The van der Waals surface area contributed by atoms with Gasteiger partial charge in [-0.05, 0) is 30.7 Å². The van der Waals surface area contributed by atoms with Crippen molar-refractivity contribution in [2.24, 2.45) is 0 Å². The van der Waals surface area contributed by atoms with Crippen molar-refractivity contribution in [1.82, 2.24) is 9.78 Å². The van der Waals surface area contributed by atoms with Crippen LogP contribution >= 0.6 is 0 Å².